The second-order valence-corrected chi connectivity index (χ2v) is 8.86. The van der Waals surface area contributed by atoms with Crippen molar-refractivity contribution in [3.8, 4) is 11.3 Å². The maximum atomic E-state index is 13.0. The standard InChI is InChI=1S/C21H17N5O2S2/c27-19(17-7-4-10-29-17)23-21-22-14-8-9-26(12-18(14)30-21)20(28)16-11-15(24-25-16)13-5-2-1-3-6-13/h1-7,10-11H,8-9,12H2,(H,24,25)(H,22,23,27). The van der Waals surface area contributed by atoms with Gasteiger partial charge in [0.15, 0.2) is 5.13 Å². The van der Waals surface area contributed by atoms with Crippen molar-refractivity contribution in [2.75, 3.05) is 11.9 Å². The minimum Gasteiger partial charge on any atom is -0.332 e. The quantitative estimate of drug-likeness (QED) is 0.506. The van der Waals surface area contributed by atoms with Gasteiger partial charge in [0, 0.05) is 23.4 Å². The molecule has 4 heterocycles. The first-order chi connectivity index (χ1) is 14.7. The van der Waals surface area contributed by atoms with Crippen molar-refractivity contribution in [2.24, 2.45) is 0 Å². The van der Waals surface area contributed by atoms with Gasteiger partial charge in [-0.25, -0.2) is 4.98 Å². The Morgan fingerprint density at radius 3 is 2.80 bits per heavy atom. The molecule has 30 heavy (non-hydrogen) atoms. The van der Waals surface area contributed by atoms with E-state index in [4.69, 9.17) is 0 Å². The highest BCUT2D eigenvalue weighted by molar-refractivity contribution is 7.16. The normalized spacial score (nSPS) is 13.1. The predicted octanol–water partition coefficient (Wildman–Crippen LogP) is 4.05. The number of rotatable bonds is 4. The number of aromatic amines is 1. The Hall–Kier alpha value is -3.30. The average Bonchev–Trinajstić information content (AvgIpc) is 3.53. The Bertz CT molecular complexity index is 1200. The summed E-state index contributed by atoms with van der Waals surface area (Å²) in [6.07, 6.45) is 0.659. The van der Waals surface area contributed by atoms with E-state index in [-0.39, 0.29) is 11.8 Å². The van der Waals surface area contributed by atoms with Gasteiger partial charge in [0.25, 0.3) is 11.8 Å². The molecule has 0 bridgehead atoms. The Morgan fingerprint density at radius 2 is 2.00 bits per heavy atom. The van der Waals surface area contributed by atoms with Gasteiger partial charge < -0.3 is 4.90 Å². The maximum Gasteiger partial charge on any atom is 0.272 e. The summed E-state index contributed by atoms with van der Waals surface area (Å²) in [7, 11) is 0. The zero-order valence-corrected chi connectivity index (χ0v) is 17.4. The topological polar surface area (TPSA) is 91.0 Å². The van der Waals surface area contributed by atoms with Crippen molar-refractivity contribution in [3.05, 3.63) is 75.1 Å². The molecule has 3 aromatic heterocycles. The molecule has 1 aromatic carbocycles. The molecule has 1 aliphatic heterocycles. The number of anilines is 1. The van der Waals surface area contributed by atoms with Crippen LogP contribution in [0.15, 0.2) is 53.9 Å². The van der Waals surface area contributed by atoms with Crippen molar-refractivity contribution in [1.29, 1.82) is 0 Å². The van der Waals surface area contributed by atoms with Crippen LogP contribution in [0.1, 0.15) is 30.7 Å². The molecule has 2 amide bonds. The highest BCUT2D eigenvalue weighted by Gasteiger charge is 2.26. The minimum atomic E-state index is -0.157. The summed E-state index contributed by atoms with van der Waals surface area (Å²) in [4.78, 5) is 33.2. The maximum absolute atomic E-state index is 13.0. The van der Waals surface area contributed by atoms with E-state index in [1.807, 2.05) is 41.8 Å². The summed E-state index contributed by atoms with van der Waals surface area (Å²) in [6, 6.07) is 15.2. The van der Waals surface area contributed by atoms with Crippen molar-refractivity contribution in [1.82, 2.24) is 20.1 Å². The molecule has 0 spiro atoms. The largest absolute Gasteiger partial charge is 0.332 e. The first-order valence-corrected chi connectivity index (χ1v) is 11.1. The second kappa shape index (κ2) is 7.85. The van der Waals surface area contributed by atoms with Crippen LogP contribution < -0.4 is 5.32 Å². The SMILES string of the molecule is O=C(Nc1nc2c(s1)CN(C(=O)c1cc(-c3ccccc3)n[nH]1)CC2)c1cccs1. The van der Waals surface area contributed by atoms with Crippen molar-refractivity contribution >= 4 is 39.6 Å². The van der Waals surface area contributed by atoms with Gasteiger partial charge >= 0.3 is 0 Å². The lowest BCUT2D eigenvalue weighted by Crippen LogP contribution is -2.35. The molecule has 0 aliphatic carbocycles. The summed E-state index contributed by atoms with van der Waals surface area (Å²) in [5.74, 6) is -0.247. The molecule has 0 saturated heterocycles. The molecular weight excluding hydrogens is 418 g/mol. The highest BCUT2D eigenvalue weighted by Crippen LogP contribution is 2.29. The van der Waals surface area contributed by atoms with Gasteiger partial charge in [-0.15, -0.1) is 11.3 Å². The van der Waals surface area contributed by atoms with E-state index in [1.54, 1.807) is 17.0 Å². The van der Waals surface area contributed by atoms with Gasteiger partial charge in [-0.05, 0) is 17.5 Å². The van der Waals surface area contributed by atoms with E-state index in [1.165, 1.54) is 22.7 Å². The van der Waals surface area contributed by atoms with Gasteiger partial charge in [0.2, 0.25) is 0 Å². The molecule has 0 saturated carbocycles. The van der Waals surface area contributed by atoms with Crippen molar-refractivity contribution in [3.63, 3.8) is 0 Å². The van der Waals surface area contributed by atoms with Gasteiger partial charge in [-0.2, -0.15) is 5.10 Å². The molecular formula is C21H17N5O2S2. The van der Waals surface area contributed by atoms with Crippen LogP contribution in [0.4, 0.5) is 5.13 Å². The number of carbonyl (C=O) groups is 2. The Labute approximate surface area is 180 Å². The summed E-state index contributed by atoms with van der Waals surface area (Å²) < 4.78 is 0. The number of hydrogen-bond donors (Lipinski definition) is 2. The van der Waals surface area contributed by atoms with E-state index in [0.717, 1.165) is 21.8 Å². The van der Waals surface area contributed by atoms with Gasteiger partial charge in [-0.3, -0.25) is 20.0 Å². The van der Waals surface area contributed by atoms with Crippen LogP contribution in [0.5, 0.6) is 0 Å². The predicted molar refractivity (Wildman–Crippen MR) is 117 cm³/mol. The van der Waals surface area contributed by atoms with E-state index in [9.17, 15) is 9.59 Å². The fraction of sp³-hybridized carbons (Fsp3) is 0.143. The summed E-state index contributed by atoms with van der Waals surface area (Å²) >= 11 is 2.81. The number of amides is 2. The summed E-state index contributed by atoms with van der Waals surface area (Å²) in [6.45, 7) is 1.05. The number of thiophene rings is 1. The van der Waals surface area contributed by atoms with Crippen LogP contribution in [-0.4, -0.2) is 38.4 Å². The second-order valence-electron chi connectivity index (χ2n) is 6.83. The number of hydrogen-bond acceptors (Lipinski definition) is 6. The zero-order valence-electron chi connectivity index (χ0n) is 15.8. The molecule has 5 rings (SSSR count). The third-order valence-electron chi connectivity index (χ3n) is 4.86. The molecule has 0 radical (unpaired) electrons. The fourth-order valence-corrected chi connectivity index (χ4v) is 4.98. The first kappa shape index (κ1) is 18.7. The van der Waals surface area contributed by atoms with Crippen molar-refractivity contribution < 1.29 is 9.59 Å². The number of nitrogens with one attached hydrogen (secondary N) is 2. The molecule has 0 fully saturated rings. The molecule has 150 valence electrons. The van der Waals surface area contributed by atoms with Crippen LogP contribution in [0, 0.1) is 0 Å². The molecule has 0 atom stereocenters. The van der Waals surface area contributed by atoms with E-state index >= 15 is 0 Å². The van der Waals surface area contributed by atoms with Gasteiger partial charge in [0.1, 0.15) is 5.69 Å². The first-order valence-electron chi connectivity index (χ1n) is 9.41. The number of carbonyl (C=O) groups excluding carboxylic acids is 2. The van der Waals surface area contributed by atoms with Crippen LogP contribution in [0.2, 0.25) is 0 Å². The number of fused-ring (bicyclic) bond motifs is 1. The Morgan fingerprint density at radius 1 is 1.13 bits per heavy atom. The third kappa shape index (κ3) is 3.64. The monoisotopic (exact) mass is 435 g/mol. The Kier molecular flexibility index (Phi) is 4.89. The third-order valence-corrected chi connectivity index (χ3v) is 6.73. The highest BCUT2D eigenvalue weighted by atomic mass is 32.1. The molecule has 0 unspecified atom stereocenters. The lowest BCUT2D eigenvalue weighted by Gasteiger charge is -2.25. The average molecular weight is 436 g/mol. The molecule has 4 aromatic rings. The summed E-state index contributed by atoms with van der Waals surface area (Å²) in [5, 5.41) is 12.4. The molecule has 2 N–H and O–H groups in total. The smallest absolute Gasteiger partial charge is 0.272 e. The summed E-state index contributed by atoms with van der Waals surface area (Å²) in [5.41, 5.74) is 3.11. The minimum absolute atomic E-state index is 0.0899. The number of thiazole rings is 1. The van der Waals surface area contributed by atoms with Crippen LogP contribution in [-0.2, 0) is 13.0 Å². The fourth-order valence-electron chi connectivity index (χ4n) is 3.35. The van der Waals surface area contributed by atoms with Crippen molar-refractivity contribution in [2.45, 2.75) is 13.0 Å². The number of nitrogens with zero attached hydrogens (tertiary/aromatic N) is 3. The van der Waals surface area contributed by atoms with Crippen LogP contribution in [0.3, 0.4) is 0 Å². The Balaban J connectivity index is 1.29. The lowest BCUT2D eigenvalue weighted by atomic mass is 10.1. The number of benzene rings is 1. The van der Waals surface area contributed by atoms with Crippen LogP contribution in [0.25, 0.3) is 11.3 Å². The van der Waals surface area contributed by atoms with Gasteiger partial charge in [0.05, 0.1) is 22.8 Å². The molecule has 7 nitrogen and oxygen atoms in total. The number of aromatic nitrogens is 3. The number of H-pyrrole nitrogens is 1. The van der Waals surface area contributed by atoms with Crippen LogP contribution >= 0.6 is 22.7 Å². The van der Waals surface area contributed by atoms with Gasteiger partial charge in [-0.1, -0.05) is 47.7 Å². The van der Waals surface area contributed by atoms with E-state index in [0.29, 0.717) is 35.2 Å². The zero-order chi connectivity index (χ0) is 20.5. The molecule has 9 heteroatoms. The van der Waals surface area contributed by atoms with E-state index in [2.05, 4.69) is 20.5 Å². The van der Waals surface area contributed by atoms with E-state index < -0.39 is 0 Å². The molecule has 1 aliphatic rings. The lowest BCUT2D eigenvalue weighted by molar-refractivity contribution is 0.0730.